The molecule has 5 rings (SSSR count). The zero-order valence-electron chi connectivity index (χ0n) is 16.5. The summed E-state index contributed by atoms with van der Waals surface area (Å²) in [5, 5.41) is 0. The first-order valence-electron chi connectivity index (χ1n) is 10.1. The first-order valence-corrected chi connectivity index (χ1v) is 10.1. The van der Waals surface area contributed by atoms with Gasteiger partial charge in [0.05, 0.1) is 11.0 Å². The molecular weight excluding hydrogens is 362 g/mol. The fourth-order valence-corrected chi connectivity index (χ4v) is 4.52. The summed E-state index contributed by atoms with van der Waals surface area (Å²) in [7, 11) is 0. The molecule has 0 unspecified atom stereocenters. The minimum absolute atomic E-state index is 0.273. The largest absolute Gasteiger partial charge is 0.369 e. The summed E-state index contributed by atoms with van der Waals surface area (Å²) in [6.07, 6.45) is 5.28. The van der Waals surface area contributed by atoms with Crippen LogP contribution in [0.4, 0.5) is 5.69 Å². The Balaban J connectivity index is 1.50. The number of guanidine groups is 2. The Morgan fingerprint density at radius 1 is 1.00 bits per heavy atom. The molecule has 3 aromatic rings. The van der Waals surface area contributed by atoms with E-state index in [0.717, 1.165) is 53.8 Å². The number of imidazole rings is 1. The van der Waals surface area contributed by atoms with Gasteiger partial charge in [0.1, 0.15) is 11.5 Å². The minimum atomic E-state index is -0.424. The molecule has 7 nitrogen and oxygen atoms in total. The molecule has 148 valence electrons. The van der Waals surface area contributed by atoms with E-state index in [0.29, 0.717) is 5.96 Å². The number of H-pyrrole nitrogens is 1. The van der Waals surface area contributed by atoms with Crippen LogP contribution in [0.25, 0.3) is 22.4 Å². The Hall–Kier alpha value is -3.35. The molecule has 0 radical (unpaired) electrons. The lowest BCUT2D eigenvalue weighted by molar-refractivity contribution is 0.305. The van der Waals surface area contributed by atoms with E-state index in [-0.39, 0.29) is 5.96 Å². The lowest BCUT2D eigenvalue weighted by Crippen LogP contribution is -2.58. The van der Waals surface area contributed by atoms with Crippen LogP contribution in [0, 0.1) is 6.92 Å². The molecule has 5 N–H and O–H groups in total. The van der Waals surface area contributed by atoms with E-state index < -0.39 is 5.66 Å². The highest BCUT2D eigenvalue weighted by Gasteiger charge is 2.42. The summed E-state index contributed by atoms with van der Waals surface area (Å²) in [6.45, 7) is 2.08. The average Bonchev–Trinajstić information content (AvgIpc) is 3.11. The van der Waals surface area contributed by atoms with Crippen LogP contribution in [0.15, 0.2) is 52.4 Å². The molecule has 1 aliphatic carbocycles. The van der Waals surface area contributed by atoms with Crippen LogP contribution in [0.1, 0.15) is 37.7 Å². The van der Waals surface area contributed by atoms with E-state index in [1.54, 1.807) is 0 Å². The van der Waals surface area contributed by atoms with Crippen LogP contribution in [-0.4, -0.2) is 27.5 Å². The number of aromatic amines is 1. The Labute approximate surface area is 169 Å². The summed E-state index contributed by atoms with van der Waals surface area (Å²) in [5.74, 6) is 1.54. The predicted molar refractivity (Wildman–Crippen MR) is 118 cm³/mol. The van der Waals surface area contributed by atoms with Gasteiger partial charge in [0, 0.05) is 11.3 Å². The van der Waals surface area contributed by atoms with Gasteiger partial charge in [0.2, 0.25) is 11.9 Å². The quantitative estimate of drug-likeness (QED) is 0.623. The van der Waals surface area contributed by atoms with Crippen molar-refractivity contribution in [3.8, 4) is 11.4 Å². The number of fused-ring (bicyclic) bond motifs is 1. The minimum Gasteiger partial charge on any atom is -0.369 e. The second kappa shape index (κ2) is 6.62. The predicted octanol–water partition coefficient (Wildman–Crippen LogP) is 3.65. The SMILES string of the molecule is Cc1ccc2nc(-c3ccc(N4C(N)=NC(N)=NC45CCCCC5)cc3)[nH]c2c1. The molecule has 0 saturated heterocycles. The zero-order valence-corrected chi connectivity index (χ0v) is 16.5. The van der Waals surface area contributed by atoms with E-state index in [9.17, 15) is 0 Å². The van der Waals surface area contributed by atoms with Crippen molar-refractivity contribution in [2.45, 2.75) is 44.7 Å². The molecule has 1 saturated carbocycles. The van der Waals surface area contributed by atoms with Gasteiger partial charge in [-0.2, -0.15) is 4.99 Å². The van der Waals surface area contributed by atoms with Crippen LogP contribution in [0.2, 0.25) is 0 Å². The van der Waals surface area contributed by atoms with Gasteiger partial charge < -0.3 is 16.5 Å². The Morgan fingerprint density at radius 2 is 1.76 bits per heavy atom. The summed E-state index contributed by atoms with van der Waals surface area (Å²) in [6, 6.07) is 14.5. The van der Waals surface area contributed by atoms with Crippen molar-refractivity contribution in [1.82, 2.24) is 9.97 Å². The molecule has 1 aromatic heterocycles. The number of aliphatic imine (C=N–C) groups is 2. The molecule has 2 heterocycles. The molecule has 2 aromatic carbocycles. The Morgan fingerprint density at radius 3 is 2.52 bits per heavy atom. The van der Waals surface area contributed by atoms with Gasteiger partial charge in [0.25, 0.3) is 0 Å². The molecule has 1 spiro atoms. The number of aryl methyl sites for hydroxylation is 1. The number of hydrogen-bond acceptors (Lipinski definition) is 6. The van der Waals surface area contributed by atoms with Crippen molar-refractivity contribution < 1.29 is 0 Å². The van der Waals surface area contributed by atoms with Crippen molar-refractivity contribution in [3.63, 3.8) is 0 Å². The maximum Gasteiger partial charge on any atom is 0.220 e. The van der Waals surface area contributed by atoms with E-state index >= 15 is 0 Å². The molecule has 29 heavy (non-hydrogen) atoms. The second-order valence-corrected chi connectivity index (χ2v) is 7.97. The lowest BCUT2D eigenvalue weighted by atomic mass is 9.87. The van der Waals surface area contributed by atoms with Gasteiger partial charge in [-0.05, 0) is 74.6 Å². The molecular formula is C22H25N7. The van der Waals surface area contributed by atoms with Crippen molar-refractivity contribution >= 4 is 28.6 Å². The van der Waals surface area contributed by atoms with Gasteiger partial charge in [-0.3, -0.25) is 4.90 Å². The Kier molecular flexibility index (Phi) is 4.04. The first-order chi connectivity index (χ1) is 14.0. The summed E-state index contributed by atoms with van der Waals surface area (Å²) < 4.78 is 0. The van der Waals surface area contributed by atoms with Gasteiger partial charge >= 0.3 is 0 Å². The third-order valence-electron chi connectivity index (χ3n) is 5.89. The van der Waals surface area contributed by atoms with Gasteiger partial charge in [0.15, 0.2) is 0 Å². The monoisotopic (exact) mass is 387 g/mol. The van der Waals surface area contributed by atoms with E-state index in [1.807, 2.05) is 11.0 Å². The topological polar surface area (TPSA) is 109 Å². The number of nitrogens with one attached hydrogen (secondary N) is 1. The highest BCUT2D eigenvalue weighted by atomic mass is 15.4. The van der Waals surface area contributed by atoms with Crippen LogP contribution in [-0.2, 0) is 0 Å². The number of benzene rings is 2. The molecule has 1 aliphatic heterocycles. The van der Waals surface area contributed by atoms with Crippen LogP contribution in [0.5, 0.6) is 0 Å². The summed E-state index contributed by atoms with van der Waals surface area (Å²) >= 11 is 0. The normalized spacial score (nSPS) is 18.7. The standard InChI is InChI=1S/C22H25N7/c1-14-5-10-17-18(13-14)26-19(25-17)15-6-8-16(9-7-15)29-21(24)27-20(23)28-22(29)11-3-2-4-12-22/h5-10,13H,2-4,11-12H2,1H3,(H,25,26)(H4,23,24,27,28). The molecule has 0 atom stereocenters. The summed E-state index contributed by atoms with van der Waals surface area (Å²) in [4.78, 5) is 19.2. The van der Waals surface area contributed by atoms with Crippen molar-refractivity contribution in [3.05, 3.63) is 48.0 Å². The summed E-state index contributed by atoms with van der Waals surface area (Å²) in [5.41, 5.74) is 17.1. The average molecular weight is 387 g/mol. The Bertz CT molecular complexity index is 1120. The first kappa shape index (κ1) is 17.7. The second-order valence-electron chi connectivity index (χ2n) is 7.97. The van der Waals surface area contributed by atoms with Crippen LogP contribution in [0.3, 0.4) is 0 Å². The van der Waals surface area contributed by atoms with E-state index in [1.165, 1.54) is 12.0 Å². The highest BCUT2D eigenvalue weighted by molar-refractivity contribution is 6.05. The van der Waals surface area contributed by atoms with E-state index in [4.69, 9.17) is 21.4 Å². The smallest absolute Gasteiger partial charge is 0.220 e. The molecule has 1 fully saturated rings. The van der Waals surface area contributed by atoms with Gasteiger partial charge in [-0.1, -0.05) is 12.5 Å². The molecule has 0 bridgehead atoms. The highest BCUT2D eigenvalue weighted by Crippen LogP contribution is 2.39. The lowest BCUT2D eigenvalue weighted by Gasteiger charge is -2.45. The van der Waals surface area contributed by atoms with Crippen molar-refractivity contribution in [2.24, 2.45) is 21.5 Å². The number of nitrogens with zero attached hydrogens (tertiary/aromatic N) is 4. The maximum absolute atomic E-state index is 6.32. The van der Waals surface area contributed by atoms with Crippen LogP contribution >= 0.6 is 0 Å². The molecule has 2 aliphatic rings. The number of nitrogens with two attached hydrogens (primary N) is 2. The third-order valence-corrected chi connectivity index (χ3v) is 5.89. The number of aromatic nitrogens is 2. The molecule has 0 amide bonds. The third kappa shape index (κ3) is 3.03. The van der Waals surface area contributed by atoms with Crippen LogP contribution < -0.4 is 16.4 Å². The zero-order chi connectivity index (χ0) is 20.0. The van der Waals surface area contributed by atoms with Crippen molar-refractivity contribution in [2.75, 3.05) is 4.90 Å². The van der Waals surface area contributed by atoms with E-state index in [2.05, 4.69) is 53.3 Å². The number of hydrogen-bond donors (Lipinski definition) is 3. The van der Waals surface area contributed by atoms with Gasteiger partial charge in [-0.15, -0.1) is 0 Å². The fourth-order valence-electron chi connectivity index (χ4n) is 4.52. The van der Waals surface area contributed by atoms with Crippen molar-refractivity contribution in [1.29, 1.82) is 0 Å². The number of anilines is 1. The number of rotatable bonds is 2. The van der Waals surface area contributed by atoms with Gasteiger partial charge in [-0.25, -0.2) is 9.98 Å². The fraction of sp³-hybridized carbons (Fsp3) is 0.318. The maximum atomic E-state index is 6.32. The molecule has 7 heteroatoms.